The van der Waals surface area contributed by atoms with E-state index in [0.717, 1.165) is 0 Å². The van der Waals surface area contributed by atoms with Crippen LogP contribution in [0.1, 0.15) is 39.4 Å². The molecule has 2 atom stereocenters. The number of aliphatic hydroxyl groups excluding tert-OH is 1. The highest BCUT2D eigenvalue weighted by Gasteiger charge is 2.21. The smallest absolute Gasteiger partial charge is 0.134 e. The molecular formula is C13H20ClNO2. The second-order valence-corrected chi connectivity index (χ2v) is 5.75. The van der Waals surface area contributed by atoms with Crippen molar-refractivity contribution in [3.05, 3.63) is 28.8 Å². The van der Waals surface area contributed by atoms with E-state index in [4.69, 9.17) is 11.6 Å². The zero-order valence-corrected chi connectivity index (χ0v) is 11.4. The Hall–Kier alpha value is -0.770. The molecule has 3 N–H and O–H groups in total. The minimum Gasteiger partial charge on any atom is -0.506 e. The topological polar surface area (TPSA) is 52.5 Å². The second kappa shape index (κ2) is 5.25. The third kappa shape index (κ3) is 4.19. The predicted molar refractivity (Wildman–Crippen MR) is 70.4 cm³/mol. The molecule has 96 valence electrons. The SMILES string of the molecule is C[C@H](NC(C)(C)C)[C@@H](O)c1ccc(O)c(Cl)c1. The molecule has 0 saturated carbocycles. The molecule has 0 unspecified atom stereocenters. The molecule has 4 heteroatoms. The van der Waals surface area contributed by atoms with Gasteiger partial charge in [0, 0.05) is 11.6 Å². The Bertz CT molecular complexity index is 387. The average Bonchev–Trinajstić information content (AvgIpc) is 2.18. The van der Waals surface area contributed by atoms with Crippen molar-refractivity contribution in [3.8, 4) is 5.75 Å². The van der Waals surface area contributed by atoms with Gasteiger partial charge in [0.2, 0.25) is 0 Å². The van der Waals surface area contributed by atoms with E-state index >= 15 is 0 Å². The van der Waals surface area contributed by atoms with Crippen molar-refractivity contribution in [1.82, 2.24) is 5.32 Å². The van der Waals surface area contributed by atoms with Gasteiger partial charge in [-0.25, -0.2) is 0 Å². The van der Waals surface area contributed by atoms with E-state index < -0.39 is 6.10 Å². The van der Waals surface area contributed by atoms with Gasteiger partial charge in [-0.1, -0.05) is 17.7 Å². The third-order valence-electron chi connectivity index (χ3n) is 2.45. The fourth-order valence-corrected chi connectivity index (χ4v) is 1.95. The van der Waals surface area contributed by atoms with Gasteiger partial charge in [-0.2, -0.15) is 0 Å². The molecule has 1 rings (SSSR count). The van der Waals surface area contributed by atoms with Crippen molar-refractivity contribution in [3.63, 3.8) is 0 Å². The van der Waals surface area contributed by atoms with Crippen LogP contribution >= 0.6 is 11.6 Å². The second-order valence-electron chi connectivity index (χ2n) is 5.34. The summed E-state index contributed by atoms with van der Waals surface area (Å²) in [6.45, 7) is 8.04. The van der Waals surface area contributed by atoms with Gasteiger partial charge in [-0.3, -0.25) is 0 Å². The van der Waals surface area contributed by atoms with Crippen LogP contribution in [0.4, 0.5) is 0 Å². The summed E-state index contributed by atoms with van der Waals surface area (Å²) in [5.74, 6) is 0.0269. The lowest BCUT2D eigenvalue weighted by Crippen LogP contribution is -2.44. The Morgan fingerprint density at radius 2 is 1.88 bits per heavy atom. The summed E-state index contributed by atoms with van der Waals surface area (Å²) in [6.07, 6.45) is -0.660. The number of halogens is 1. The van der Waals surface area contributed by atoms with Crippen LogP contribution in [0.3, 0.4) is 0 Å². The van der Waals surface area contributed by atoms with E-state index in [1.165, 1.54) is 6.07 Å². The summed E-state index contributed by atoms with van der Waals surface area (Å²) in [4.78, 5) is 0. The number of rotatable bonds is 3. The lowest BCUT2D eigenvalue weighted by Gasteiger charge is -2.29. The first-order chi connectivity index (χ1) is 7.70. The molecule has 17 heavy (non-hydrogen) atoms. The normalized spacial score (nSPS) is 15.6. The highest BCUT2D eigenvalue weighted by atomic mass is 35.5. The summed E-state index contributed by atoms with van der Waals surface area (Å²) in [7, 11) is 0. The molecule has 1 aromatic rings. The summed E-state index contributed by atoms with van der Waals surface area (Å²) < 4.78 is 0. The fraction of sp³-hybridized carbons (Fsp3) is 0.538. The van der Waals surface area contributed by atoms with Crippen LogP contribution in [0, 0.1) is 0 Å². The molecule has 0 aliphatic heterocycles. The zero-order valence-electron chi connectivity index (χ0n) is 10.7. The molecule has 0 saturated heterocycles. The maximum Gasteiger partial charge on any atom is 0.134 e. The number of hydrogen-bond acceptors (Lipinski definition) is 3. The highest BCUT2D eigenvalue weighted by Crippen LogP contribution is 2.28. The Morgan fingerprint density at radius 1 is 1.29 bits per heavy atom. The monoisotopic (exact) mass is 257 g/mol. The lowest BCUT2D eigenvalue weighted by atomic mass is 10.00. The molecule has 0 bridgehead atoms. The van der Waals surface area contributed by atoms with Crippen molar-refractivity contribution in [2.75, 3.05) is 0 Å². The maximum absolute atomic E-state index is 10.2. The van der Waals surface area contributed by atoms with Crippen LogP contribution in [-0.2, 0) is 0 Å². The Labute approximate surface area is 107 Å². The number of hydrogen-bond donors (Lipinski definition) is 3. The summed E-state index contributed by atoms with van der Waals surface area (Å²) in [6, 6.07) is 4.65. The molecule has 0 spiro atoms. The molecule has 1 aromatic carbocycles. The van der Waals surface area contributed by atoms with Gasteiger partial charge in [-0.05, 0) is 45.4 Å². The van der Waals surface area contributed by atoms with Gasteiger partial charge in [0.25, 0.3) is 0 Å². The van der Waals surface area contributed by atoms with Gasteiger partial charge >= 0.3 is 0 Å². The summed E-state index contributed by atoms with van der Waals surface area (Å²) in [5.41, 5.74) is 0.623. The van der Waals surface area contributed by atoms with E-state index in [2.05, 4.69) is 5.32 Å². The molecule has 0 radical (unpaired) electrons. The third-order valence-corrected chi connectivity index (χ3v) is 2.75. The molecule has 3 nitrogen and oxygen atoms in total. The molecule has 0 heterocycles. The Kier molecular flexibility index (Phi) is 4.42. The van der Waals surface area contributed by atoms with Gasteiger partial charge in [0.1, 0.15) is 5.75 Å². The molecule has 0 aliphatic carbocycles. The fourth-order valence-electron chi connectivity index (χ4n) is 1.76. The van der Waals surface area contributed by atoms with E-state index in [9.17, 15) is 10.2 Å². The zero-order chi connectivity index (χ0) is 13.2. The number of nitrogens with one attached hydrogen (secondary N) is 1. The van der Waals surface area contributed by atoms with Crippen LogP contribution in [0.2, 0.25) is 5.02 Å². The van der Waals surface area contributed by atoms with E-state index in [1.54, 1.807) is 12.1 Å². The summed E-state index contributed by atoms with van der Waals surface area (Å²) in [5, 5.41) is 23.0. The Balaban J connectivity index is 2.81. The van der Waals surface area contributed by atoms with Crippen molar-refractivity contribution in [1.29, 1.82) is 0 Å². The van der Waals surface area contributed by atoms with Crippen molar-refractivity contribution < 1.29 is 10.2 Å². The Morgan fingerprint density at radius 3 is 2.35 bits per heavy atom. The van der Waals surface area contributed by atoms with E-state index in [1.807, 2.05) is 27.7 Å². The van der Waals surface area contributed by atoms with Gasteiger partial charge < -0.3 is 15.5 Å². The molecule has 0 aliphatic rings. The number of benzene rings is 1. The van der Waals surface area contributed by atoms with Gasteiger partial charge in [0.15, 0.2) is 0 Å². The first-order valence-electron chi connectivity index (χ1n) is 5.65. The molecule has 0 fully saturated rings. The lowest BCUT2D eigenvalue weighted by molar-refractivity contribution is 0.121. The number of phenolic OH excluding ortho intramolecular Hbond substituents is 1. The van der Waals surface area contributed by atoms with Crippen LogP contribution in [0.25, 0.3) is 0 Å². The van der Waals surface area contributed by atoms with Gasteiger partial charge in [-0.15, -0.1) is 0 Å². The highest BCUT2D eigenvalue weighted by molar-refractivity contribution is 6.32. The van der Waals surface area contributed by atoms with Crippen LogP contribution in [-0.4, -0.2) is 21.8 Å². The minimum atomic E-state index is -0.660. The van der Waals surface area contributed by atoms with Crippen molar-refractivity contribution in [2.45, 2.75) is 45.4 Å². The largest absolute Gasteiger partial charge is 0.506 e. The van der Waals surface area contributed by atoms with Crippen molar-refractivity contribution >= 4 is 11.6 Å². The number of aliphatic hydroxyl groups is 1. The van der Waals surface area contributed by atoms with Gasteiger partial charge in [0.05, 0.1) is 11.1 Å². The average molecular weight is 258 g/mol. The quantitative estimate of drug-likeness (QED) is 0.781. The first kappa shape index (κ1) is 14.3. The van der Waals surface area contributed by atoms with E-state index in [-0.39, 0.29) is 22.4 Å². The number of phenols is 1. The van der Waals surface area contributed by atoms with Crippen molar-refractivity contribution in [2.24, 2.45) is 0 Å². The van der Waals surface area contributed by atoms with Crippen LogP contribution < -0.4 is 5.32 Å². The molecule has 0 aromatic heterocycles. The summed E-state index contributed by atoms with van der Waals surface area (Å²) >= 11 is 5.81. The molecule has 0 amide bonds. The number of aromatic hydroxyl groups is 1. The maximum atomic E-state index is 10.2. The predicted octanol–water partition coefficient (Wildman–Crippen LogP) is 2.86. The van der Waals surface area contributed by atoms with E-state index in [0.29, 0.717) is 5.56 Å². The van der Waals surface area contributed by atoms with Crippen LogP contribution in [0.15, 0.2) is 18.2 Å². The first-order valence-corrected chi connectivity index (χ1v) is 6.02. The minimum absolute atomic E-state index is 0.0269. The molecular weight excluding hydrogens is 238 g/mol. The van der Waals surface area contributed by atoms with Crippen LogP contribution in [0.5, 0.6) is 5.75 Å². The standard InChI is InChI=1S/C13H20ClNO2/c1-8(15-13(2,3)4)12(17)9-5-6-11(16)10(14)7-9/h5-8,12,15-17H,1-4H3/t8-,12+/m0/s1.